The van der Waals surface area contributed by atoms with Crippen molar-refractivity contribution in [3.8, 4) is 22.1 Å². The minimum Gasteiger partial charge on any atom is -0.493 e. The molecule has 4 rings (SSSR count). The van der Waals surface area contributed by atoms with Crippen molar-refractivity contribution < 1.29 is 9.47 Å². The monoisotopic (exact) mass is 364 g/mol. The highest BCUT2D eigenvalue weighted by atomic mass is 32.1. The highest BCUT2D eigenvalue weighted by Crippen LogP contribution is 2.43. The second kappa shape index (κ2) is 6.84. The number of hydrogen-bond acceptors (Lipinski definition) is 4. The summed E-state index contributed by atoms with van der Waals surface area (Å²) in [6.45, 7) is 2.50. The van der Waals surface area contributed by atoms with Crippen molar-refractivity contribution in [2.24, 2.45) is 7.05 Å². The fourth-order valence-electron chi connectivity index (χ4n) is 3.11. The smallest absolute Gasteiger partial charge is 0.171 e. The molecule has 4 nitrogen and oxygen atoms in total. The number of nitrogens with zero attached hydrogens (tertiary/aromatic N) is 2. The molecule has 0 saturated heterocycles. The second-order valence-electron chi connectivity index (χ2n) is 6.21. The first-order valence-electron chi connectivity index (χ1n) is 8.42. The minimum atomic E-state index is 0.488. The Morgan fingerprint density at radius 2 is 1.92 bits per heavy atom. The van der Waals surface area contributed by atoms with Crippen molar-refractivity contribution >= 4 is 22.2 Å². The molecule has 0 aliphatic rings. The SMILES string of the molecule is COc1ccc2c(c(-c3nc(C)cs3)cn2C)c1OCc1ccccc1. The Balaban J connectivity index is 1.86. The van der Waals surface area contributed by atoms with E-state index in [9.17, 15) is 0 Å². The molecule has 2 heterocycles. The number of thiazole rings is 1. The number of methoxy groups -OCH3 is 1. The number of ether oxygens (including phenoxy) is 2. The summed E-state index contributed by atoms with van der Waals surface area (Å²) in [4.78, 5) is 4.67. The van der Waals surface area contributed by atoms with Crippen molar-refractivity contribution in [2.45, 2.75) is 13.5 Å². The van der Waals surface area contributed by atoms with E-state index in [0.29, 0.717) is 6.61 Å². The highest BCUT2D eigenvalue weighted by Gasteiger charge is 2.19. The Morgan fingerprint density at radius 1 is 1.12 bits per heavy atom. The molecule has 0 spiro atoms. The van der Waals surface area contributed by atoms with Crippen LogP contribution in [0.5, 0.6) is 11.5 Å². The molecule has 0 atom stereocenters. The van der Waals surface area contributed by atoms with E-state index in [2.05, 4.69) is 39.3 Å². The molecule has 132 valence electrons. The Bertz CT molecular complexity index is 1050. The van der Waals surface area contributed by atoms with Crippen LogP contribution in [-0.2, 0) is 13.7 Å². The van der Waals surface area contributed by atoms with Crippen LogP contribution in [-0.4, -0.2) is 16.7 Å². The summed E-state index contributed by atoms with van der Waals surface area (Å²) in [7, 11) is 3.71. The topological polar surface area (TPSA) is 36.3 Å². The molecule has 0 unspecified atom stereocenters. The summed E-state index contributed by atoms with van der Waals surface area (Å²) in [5, 5.41) is 4.10. The van der Waals surface area contributed by atoms with E-state index >= 15 is 0 Å². The summed E-state index contributed by atoms with van der Waals surface area (Å²) in [6, 6.07) is 14.2. The van der Waals surface area contributed by atoms with Crippen molar-refractivity contribution in [3.05, 3.63) is 65.3 Å². The van der Waals surface area contributed by atoms with Gasteiger partial charge in [-0.1, -0.05) is 30.3 Å². The Kier molecular flexibility index (Phi) is 4.39. The van der Waals surface area contributed by atoms with Gasteiger partial charge >= 0.3 is 0 Å². The van der Waals surface area contributed by atoms with Crippen LogP contribution in [0.2, 0.25) is 0 Å². The Hall–Kier alpha value is -2.79. The number of benzene rings is 2. The van der Waals surface area contributed by atoms with Crippen LogP contribution in [0.25, 0.3) is 21.5 Å². The van der Waals surface area contributed by atoms with Crippen molar-refractivity contribution in [1.82, 2.24) is 9.55 Å². The fourth-order valence-corrected chi connectivity index (χ4v) is 3.92. The third-order valence-corrected chi connectivity index (χ3v) is 5.36. The zero-order chi connectivity index (χ0) is 18.1. The average Bonchev–Trinajstić information content (AvgIpc) is 3.24. The molecule has 0 N–H and O–H groups in total. The lowest BCUT2D eigenvalue weighted by molar-refractivity contribution is 0.288. The van der Waals surface area contributed by atoms with E-state index in [1.54, 1.807) is 18.4 Å². The third kappa shape index (κ3) is 2.95. The van der Waals surface area contributed by atoms with E-state index in [0.717, 1.165) is 44.2 Å². The Morgan fingerprint density at radius 3 is 2.62 bits per heavy atom. The molecule has 0 bridgehead atoms. The van der Waals surface area contributed by atoms with Crippen LogP contribution in [0, 0.1) is 6.92 Å². The number of rotatable bonds is 5. The molecule has 26 heavy (non-hydrogen) atoms. The van der Waals surface area contributed by atoms with E-state index in [1.807, 2.05) is 38.2 Å². The Labute approximate surface area is 156 Å². The lowest BCUT2D eigenvalue weighted by atomic mass is 10.1. The number of fused-ring (bicyclic) bond motifs is 1. The van der Waals surface area contributed by atoms with Crippen molar-refractivity contribution in [3.63, 3.8) is 0 Å². The maximum absolute atomic E-state index is 6.25. The molecule has 2 aromatic heterocycles. The standard InChI is InChI=1S/C21H20N2O2S/c1-14-13-26-21(22-14)16-11-23(2)17-9-10-18(24-3)20(19(16)17)25-12-15-7-5-4-6-8-15/h4-11,13H,12H2,1-3H3. The molecule has 0 fully saturated rings. The van der Waals surface area contributed by atoms with Gasteiger partial charge in [0.25, 0.3) is 0 Å². The van der Waals surface area contributed by atoms with Gasteiger partial charge in [-0.3, -0.25) is 0 Å². The van der Waals surface area contributed by atoms with E-state index in [-0.39, 0.29) is 0 Å². The summed E-state index contributed by atoms with van der Waals surface area (Å²) >= 11 is 1.65. The predicted octanol–water partition coefficient (Wildman–Crippen LogP) is 5.20. The van der Waals surface area contributed by atoms with Gasteiger partial charge in [0, 0.05) is 29.9 Å². The van der Waals surface area contributed by atoms with Crippen molar-refractivity contribution in [1.29, 1.82) is 0 Å². The van der Waals surface area contributed by atoms with Gasteiger partial charge in [-0.05, 0) is 24.6 Å². The summed E-state index contributed by atoms with van der Waals surface area (Å²) in [5.74, 6) is 1.49. The quantitative estimate of drug-likeness (QED) is 0.488. The zero-order valence-electron chi connectivity index (χ0n) is 15.0. The molecular formula is C21H20N2O2S. The molecule has 0 radical (unpaired) electrons. The minimum absolute atomic E-state index is 0.488. The normalized spacial score (nSPS) is 11.0. The van der Waals surface area contributed by atoms with Gasteiger partial charge in [-0.2, -0.15) is 0 Å². The second-order valence-corrected chi connectivity index (χ2v) is 7.07. The molecule has 0 aliphatic carbocycles. The van der Waals surface area contributed by atoms with Crippen LogP contribution in [0.4, 0.5) is 0 Å². The summed E-state index contributed by atoms with van der Waals surface area (Å²) in [5.41, 5.74) is 4.31. The average molecular weight is 364 g/mol. The first kappa shape index (κ1) is 16.7. The van der Waals surface area contributed by atoms with Gasteiger partial charge in [0.2, 0.25) is 0 Å². The lowest BCUT2D eigenvalue weighted by Crippen LogP contribution is -1.98. The number of aryl methyl sites for hydroxylation is 2. The summed E-state index contributed by atoms with van der Waals surface area (Å²) < 4.78 is 14.0. The maximum Gasteiger partial charge on any atom is 0.171 e. The zero-order valence-corrected chi connectivity index (χ0v) is 15.8. The van der Waals surface area contributed by atoms with Crippen LogP contribution < -0.4 is 9.47 Å². The first-order valence-corrected chi connectivity index (χ1v) is 9.30. The maximum atomic E-state index is 6.25. The van der Waals surface area contributed by atoms with Gasteiger partial charge in [0.05, 0.1) is 18.0 Å². The first-order chi connectivity index (χ1) is 12.7. The van der Waals surface area contributed by atoms with Gasteiger partial charge in [-0.15, -0.1) is 11.3 Å². The van der Waals surface area contributed by atoms with Gasteiger partial charge < -0.3 is 14.0 Å². The number of hydrogen-bond donors (Lipinski definition) is 0. The van der Waals surface area contributed by atoms with Crippen LogP contribution >= 0.6 is 11.3 Å². The van der Waals surface area contributed by atoms with Gasteiger partial charge in [0.1, 0.15) is 11.6 Å². The molecule has 0 aliphatic heterocycles. The third-order valence-electron chi connectivity index (χ3n) is 4.37. The molecule has 5 heteroatoms. The van der Waals surface area contributed by atoms with Crippen LogP contribution in [0.3, 0.4) is 0 Å². The lowest BCUT2D eigenvalue weighted by Gasteiger charge is -2.13. The van der Waals surface area contributed by atoms with E-state index in [1.165, 1.54) is 0 Å². The molecule has 0 amide bonds. The molecule has 2 aromatic carbocycles. The molecule has 4 aromatic rings. The predicted molar refractivity (Wildman–Crippen MR) is 106 cm³/mol. The fraction of sp³-hybridized carbons (Fsp3) is 0.190. The largest absolute Gasteiger partial charge is 0.493 e. The number of aromatic nitrogens is 2. The van der Waals surface area contributed by atoms with Crippen LogP contribution in [0.15, 0.2) is 54.0 Å². The van der Waals surface area contributed by atoms with Gasteiger partial charge in [0.15, 0.2) is 11.5 Å². The van der Waals surface area contributed by atoms with E-state index in [4.69, 9.17) is 9.47 Å². The molecular weight excluding hydrogens is 344 g/mol. The van der Waals surface area contributed by atoms with Gasteiger partial charge in [-0.25, -0.2) is 4.98 Å². The summed E-state index contributed by atoms with van der Waals surface area (Å²) in [6.07, 6.45) is 2.11. The highest BCUT2D eigenvalue weighted by molar-refractivity contribution is 7.13. The molecule has 0 saturated carbocycles. The van der Waals surface area contributed by atoms with Crippen molar-refractivity contribution in [2.75, 3.05) is 7.11 Å². The van der Waals surface area contributed by atoms with E-state index < -0.39 is 0 Å². The van der Waals surface area contributed by atoms with Crippen LogP contribution in [0.1, 0.15) is 11.3 Å².